The van der Waals surface area contributed by atoms with E-state index in [-0.39, 0.29) is 18.0 Å². The average molecular weight is 505 g/mol. The molecule has 0 saturated carbocycles. The van der Waals surface area contributed by atoms with Gasteiger partial charge in [0, 0.05) is 47.5 Å². The standard InChI is InChI=1S/C27H34ClFN2O4/c1-26(2,3)35-25(32)30-13-11-23(12-14-30)31(18-19-17-21(28)7-10-24(19)29)22-8-5-20(6-9-22)27(4)33-15-16-34-27/h5-10,17,23H,11-16,18H2,1-4H3. The first-order valence-electron chi connectivity index (χ1n) is 12.1. The number of ether oxygens (including phenoxy) is 3. The monoisotopic (exact) mass is 504 g/mol. The highest BCUT2D eigenvalue weighted by molar-refractivity contribution is 6.30. The van der Waals surface area contributed by atoms with Crippen LogP contribution in [-0.4, -0.2) is 48.9 Å². The number of hydrogen-bond acceptors (Lipinski definition) is 5. The average Bonchev–Trinajstić information content (AvgIpc) is 3.26. The van der Waals surface area contributed by atoms with E-state index >= 15 is 0 Å². The summed E-state index contributed by atoms with van der Waals surface area (Å²) in [5.41, 5.74) is 1.90. The minimum atomic E-state index is -0.749. The molecule has 0 radical (unpaired) electrons. The summed E-state index contributed by atoms with van der Waals surface area (Å²) < 4.78 is 31.8. The molecule has 35 heavy (non-hydrogen) atoms. The van der Waals surface area contributed by atoms with Crippen LogP contribution in [-0.2, 0) is 26.5 Å². The van der Waals surface area contributed by atoms with Crippen LogP contribution in [0.2, 0.25) is 5.02 Å². The zero-order valence-electron chi connectivity index (χ0n) is 20.9. The number of benzene rings is 2. The first kappa shape index (κ1) is 25.7. The molecule has 0 unspecified atom stereocenters. The van der Waals surface area contributed by atoms with Crippen molar-refractivity contribution in [2.24, 2.45) is 0 Å². The smallest absolute Gasteiger partial charge is 0.410 e. The molecule has 2 aromatic carbocycles. The molecule has 6 nitrogen and oxygen atoms in total. The molecular formula is C27H34ClFN2O4. The summed E-state index contributed by atoms with van der Waals surface area (Å²) in [7, 11) is 0. The lowest BCUT2D eigenvalue weighted by Crippen LogP contribution is -2.48. The summed E-state index contributed by atoms with van der Waals surface area (Å²) in [4.78, 5) is 16.5. The molecule has 0 bridgehead atoms. The lowest BCUT2D eigenvalue weighted by molar-refractivity contribution is -0.149. The van der Waals surface area contributed by atoms with Crippen molar-refractivity contribution in [2.75, 3.05) is 31.2 Å². The van der Waals surface area contributed by atoms with Gasteiger partial charge in [0.1, 0.15) is 11.4 Å². The summed E-state index contributed by atoms with van der Waals surface area (Å²) in [6.45, 7) is 10.2. The van der Waals surface area contributed by atoms with Gasteiger partial charge in [-0.1, -0.05) is 23.7 Å². The van der Waals surface area contributed by atoms with Crippen molar-refractivity contribution >= 4 is 23.4 Å². The maximum absolute atomic E-state index is 14.7. The molecule has 2 aromatic rings. The second-order valence-corrected chi connectivity index (χ2v) is 10.7. The van der Waals surface area contributed by atoms with E-state index in [0.29, 0.717) is 43.4 Å². The zero-order valence-corrected chi connectivity index (χ0v) is 21.6. The van der Waals surface area contributed by atoms with E-state index in [1.165, 1.54) is 6.07 Å². The molecule has 0 atom stereocenters. The zero-order chi connectivity index (χ0) is 25.2. The van der Waals surface area contributed by atoms with Gasteiger partial charge in [0.05, 0.1) is 13.2 Å². The lowest BCUT2D eigenvalue weighted by atomic mass is 10.00. The molecule has 2 fully saturated rings. The van der Waals surface area contributed by atoms with Crippen LogP contribution in [0.15, 0.2) is 42.5 Å². The summed E-state index contributed by atoms with van der Waals surface area (Å²) in [6, 6.07) is 12.8. The van der Waals surface area contributed by atoms with E-state index in [0.717, 1.165) is 24.1 Å². The third-order valence-electron chi connectivity index (χ3n) is 6.47. The SMILES string of the molecule is CC(C)(C)OC(=O)N1CCC(N(Cc2cc(Cl)ccc2F)c2ccc(C3(C)OCCO3)cc2)CC1. The van der Waals surface area contributed by atoms with Crippen molar-refractivity contribution < 1.29 is 23.4 Å². The van der Waals surface area contributed by atoms with E-state index in [1.807, 2.05) is 52.0 Å². The van der Waals surface area contributed by atoms with Gasteiger partial charge in [0.25, 0.3) is 0 Å². The number of rotatable bonds is 5. The molecule has 190 valence electrons. The molecule has 2 heterocycles. The minimum Gasteiger partial charge on any atom is -0.444 e. The number of piperidine rings is 1. The first-order valence-corrected chi connectivity index (χ1v) is 12.5. The van der Waals surface area contributed by atoms with E-state index in [1.54, 1.807) is 17.0 Å². The van der Waals surface area contributed by atoms with Crippen LogP contribution in [0.5, 0.6) is 0 Å². The molecular weight excluding hydrogens is 471 g/mol. The topological polar surface area (TPSA) is 51.2 Å². The van der Waals surface area contributed by atoms with Gasteiger partial charge in [-0.3, -0.25) is 0 Å². The minimum absolute atomic E-state index is 0.118. The molecule has 1 amide bonds. The fraction of sp³-hybridized carbons (Fsp3) is 0.519. The van der Waals surface area contributed by atoms with E-state index < -0.39 is 11.4 Å². The van der Waals surface area contributed by atoms with Crippen LogP contribution in [0.25, 0.3) is 0 Å². The van der Waals surface area contributed by atoms with Gasteiger partial charge >= 0.3 is 6.09 Å². The largest absolute Gasteiger partial charge is 0.444 e. The predicted octanol–water partition coefficient (Wildman–Crippen LogP) is 6.10. The van der Waals surface area contributed by atoms with Crippen LogP contribution in [0.1, 0.15) is 51.7 Å². The molecule has 2 aliphatic rings. The van der Waals surface area contributed by atoms with Gasteiger partial charge in [-0.2, -0.15) is 0 Å². The van der Waals surface area contributed by atoms with Crippen LogP contribution < -0.4 is 4.90 Å². The second-order valence-electron chi connectivity index (χ2n) is 10.3. The second kappa shape index (κ2) is 10.3. The van der Waals surface area contributed by atoms with Gasteiger partial charge < -0.3 is 24.0 Å². The van der Waals surface area contributed by atoms with Gasteiger partial charge in [-0.25, -0.2) is 9.18 Å². The van der Waals surface area contributed by atoms with Crippen LogP contribution in [0.3, 0.4) is 0 Å². The van der Waals surface area contributed by atoms with Crippen LogP contribution in [0, 0.1) is 5.82 Å². The molecule has 8 heteroatoms. The highest BCUT2D eigenvalue weighted by atomic mass is 35.5. The first-order chi connectivity index (χ1) is 16.5. The highest BCUT2D eigenvalue weighted by Crippen LogP contribution is 2.34. The Morgan fingerprint density at radius 2 is 1.77 bits per heavy atom. The quantitative estimate of drug-likeness (QED) is 0.492. The number of likely N-dealkylation sites (tertiary alicyclic amines) is 1. The number of hydrogen-bond donors (Lipinski definition) is 0. The number of amides is 1. The Bertz CT molecular complexity index is 1030. The van der Waals surface area contributed by atoms with Crippen molar-refractivity contribution in [3.63, 3.8) is 0 Å². The number of carbonyl (C=O) groups is 1. The fourth-order valence-electron chi connectivity index (χ4n) is 4.60. The summed E-state index contributed by atoms with van der Waals surface area (Å²) in [5, 5.41) is 0.500. The van der Waals surface area contributed by atoms with Crippen molar-refractivity contribution in [1.82, 2.24) is 4.90 Å². The Morgan fingerprint density at radius 1 is 1.14 bits per heavy atom. The lowest BCUT2D eigenvalue weighted by Gasteiger charge is -2.40. The van der Waals surface area contributed by atoms with E-state index in [2.05, 4.69) is 4.90 Å². The Kier molecular flexibility index (Phi) is 7.60. The number of carbonyl (C=O) groups excluding carboxylic acids is 1. The van der Waals surface area contributed by atoms with Gasteiger partial charge in [0.15, 0.2) is 5.79 Å². The fourth-order valence-corrected chi connectivity index (χ4v) is 4.80. The van der Waals surface area contributed by atoms with Crippen molar-refractivity contribution in [2.45, 2.75) is 64.5 Å². The summed E-state index contributed by atoms with van der Waals surface area (Å²) in [5.74, 6) is -1.04. The van der Waals surface area contributed by atoms with E-state index in [9.17, 15) is 9.18 Å². The molecule has 2 aliphatic heterocycles. The Labute approximate surface area is 211 Å². The van der Waals surface area contributed by atoms with Crippen LogP contribution >= 0.6 is 11.6 Å². The highest BCUT2D eigenvalue weighted by Gasteiger charge is 2.34. The van der Waals surface area contributed by atoms with Gasteiger partial charge in [-0.05, 0) is 70.9 Å². The molecule has 0 N–H and O–H groups in total. The normalized spacial score (nSPS) is 18.5. The summed E-state index contributed by atoms with van der Waals surface area (Å²) >= 11 is 6.18. The van der Waals surface area contributed by atoms with Crippen molar-refractivity contribution in [3.05, 3.63) is 64.4 Å². The molecule has 0 aliphatic carbocycles. The number of anilines is 1. The molecule has 0 spiro atoms. The maximum atomic E-state index is 14.7. The van der Waals surface area contributed by atoms with E-state index in [4.69, 9.17) is 25.8 Å². The Hall–Kier alpha value is -2.35. The van der Waals surface area contributed by atoms with Crippen molar-refractivity contribution in [3.8, 4) is 0 Å². The third-order valence-corrected chi connectivity index (χ3v) is 6.70. The van der Waals surface area contributed by atoms with Gasteiger partial charge in [0.2, 0.25) is 0 Å². The third kappa shape index (κ3) is 6.26. The maximum Gasteiger partial charge on any atom is 0.410 e. The Morgan fingerprint density at radius 3 is 2.37 bits per heavy atom. The van der Waals surface area contributed by atoms with Crippen LogP contribution in [0.4, 0.5) is 14.9 Å². The van der Waals surface area contributed by atoms with Crippen molar-refractivity contribution in [1.29, 1.82) is 0 Å². The predicted molar refractivity (Wildman–Crippen MR) is 134 cm³/mol. The molecule has 4 rings (SSSR count). The Balaban J connectivity index is 1.54. The van der Waals surface area contributed by atoms with Gasteiger partial charge in [-0.15, -0.1) is 0 Å². The molecule has 2 saturated heterocycles. The molecule has 0 aromatic heterocycles. The summed E-state index contributed by atoms with van der Waals surface area (Å²) in [6.07, 6.45) is 1.19. The number of nitrogens with zero attached hydrogens (tertiary/aromatic N) is 2. The number of halogens is 2.